The van der Waals surface area contributed by atoms with Crippen LogP contribution in [-0.2, 0) is 28.6 Å². The molecule has 0 rings (SSSR count). The Morgan fingerprint density at radius 3 is 0.813 bits per heavy atom. The van der Waals surface area contributed by atoms with Gasteiger partial charge in [-0.3, -0.25) is 14.4 Å². The third-order valence-electron chi connectivity index (χ3n) is 13.9. The van der Waals surface area contributed by atoms with Gasteiger partial charge >= 0.3 is 17.9 Å². The number of esters is 3. The molecule has 0 radical (unpaired) electrons. The maximum Gasteiger partial charge on any atom is 0.306 e. The van der Waals surface area contributed by atoms with E-state index in [4.69, 9.17) is 14.2 Å². The van der Waals surface area contributed by atoms with Crippen molar-refractivity contribution < 1.29 is 28.6 Å². The molecule has 0 heterocycles. The molecule has 0 aromatic rings. The Labute approximate surface area is 465 Å². The van der Waals surface area contributed by atoms with Crippen molar-refractivity contribution in [3.8, 4) is 0 Å². The van der Waals surface area contributed by atoms with E-state index in [1.54, 1.807) is 0 Å². The second kappa shape index (κ2) is 63.1. The van der Waals surface area contributed by atoms with Crippen LogP contribution in [0.15, 0.2) is 85.1 Å². The quantitative estimate of drug-likeness (QED) is 0.0261. The number of ether oxygens (including phenoxy) is 3. The molecule has 0 aliphatic rings. The first-order valence-electron chi connectivity index (χ1n) is 32.1. The molecule has 432 valence electrons. The number of carbonyl (C=O) groups is 3. The molecule has 6 heteroatoms. The second-order valence-corrected chi connectivity index (χ2v) is 21.3. The van der Waals surface area contributed by atoms with E-state index in [1.807, 2.05) is 0 Å². The zero-order chi connectivity index (χ0) is 54.3. The van der Waals surface area contributed by atoms with Crippen molar-refractivity contribution in [1.82, 2.24) is 0 Å². The predicted octanol–water partition coefficient (Wildman–Crippen LogP) is 21.9. The van der Waals surface area contributed by atoms with Crippen LogP contribution in [0, 0.1) is 0 Å². The van der Waals surface area contributed by atoms with Gasteiger partial charge in [0.25, 0.3) is 0 Å². The van der Waals surface area contributed by atoms with Crippen molar-refractivity contribution in [2.75, 3.05) is 13.2 Å². The molecule has 0 fully saturated rings. The largest absolute Gasteiger partial charge is 0.462 e. The Kier molecular flexibility index (Phi) is 60.3. The van der Waals surface area contributed by atoms with Gasteiger partial charge in [0.1, 0.15) is 13.2 Å². The monoisotopic (exact) mass is 1040 g/mol. The lowest BCUT2D eigenvalue weighted by Crippen LogP contribution is -2.30. The molecule has 0 aliphatic carbocycles. The SMILES string of the molecule is CC/C=C\C/C=C\C/C=C\C/C=C\C/C=C\C/C=C\C/C=C\CCCC(=O)OCC(COC(=O)CCCCCCCCCCCCCCCCC)OC(=O)CCCCCCCCCCCCCCCCCCCCC. The summed E-state index contributed by atoms with van der Waals surface area (Å²) in [4.78, 5) is 38.3. The molecule has 6 nitrogen and oxygen atoms in total. The van der Waals surface area contributed by atoms with Gasteiger partial charge in [-0.05, 0) is 70.6 Å². The third kappa shape index (κ3) is 61.3. The van der Waals surface area contributed by atoms with Crippen LogP contribution in [-0.4, -0.2) is 37.2 Å². The molecule has 0 aromatic carbocycles. The van der Waals surface area contributed by atoms with Crippen LogP contribution >= 0.6 is 0 Å². The van der Waals surface area contributed by atoms with Crippen molar-refractivity contribution >= 4 is 17.9 Å². The number of allylic oxidation sites excluding steroid dienone is 14. The van der Waals surface area contributed by atoms with Crippen LogP contribution in [0.3, 0.4) is 0 Å². The lowest BCUT2D eigenvalue weighted by atomic mass is 10.0. The first-order valence-corrected chi connectivity index (χ1v) is 32.1. The Morgan fingerprint density at radius 2 is 0.520 bits per heavy atom. The van der Waals surface area contributed by atoms with Crippen molar-refractivity contribution in [2.45, 2.75) is 322 Å². The Bertz CT molecular complexity index is 1430. The summed E-state index contributed by atoms with van der Waals surface area (Å²) in [5, 5.41) is 0. The summed E-state index contributed by atoms with van der Waals surface area (Å²) >= 11 is 0. The normalized spacial score (nSPS) is 12.6. The average Bonchev–Trinajstić information content (AvgIpc) is 3.41. The molecular formula is C69H120O6. The highest BCUT2D eigenvalue weighted by Crippen LogP contribution is 2.17. The zero-order valence-electron chi connectivity index (χ0n) is 49.6. The second-order valence-electron chi connectivity index (χ2n) is 21.3. The van der Waals surface area contributed by atoms with E-state index in [-0.39, 0.29) is 37.5 Å². The van der Waals surface area contributed by atoms with Gasteiger partial charge in [0.05, 0.1) is 0 Å². The summed E-state index contributed by atoms with van der Waals surface area (Å²) in [5.41, 5.74) is 0. The molecule has 0 amide bonds. The molecule has 1 unspecified atom stereocenters. The summed E-state index contributed by atoms with van der Waals surface area (Å²) in [6.45, 7) is 6.52. The van der Waals surface area contributed by atoms with Gasteiger partial charge in [-0.1, -0.05) is 311 Å². The molecule has 0 aromatic heterocycles. The smallest absolute Gasteiger partial charge is 0.306 e. The fraction of sp³-hybridized carbons (Fsp3) is 0.754. The van der Waals surface area contributed by atoms with E-state index < -0.39 is 6.10 Å². The zero-order valence-corrected chi connectivity index (χ0v) is 49.6. The minimum absolute atomic E-state index is 0.0902. The van der Waals surface area contributed by atoms with Gasteiger partial charge in [0.2, 0.25) is 0 Å². The van der Waals surface area contributed by atoms with Crippen molar-refractivity contribution in [2.24, 2.45) is 0 Å². The van der Waals surface area contributed by atoms with Crippen LogP contribution in [0.1, 0.15) is 316 Å². The number of carbonyl (C=O) groups excluding carboxylic acids is 3. The lowest BCUT2D eigenvalue weighted by Gasteiger charge is -2.18. The van der Waals surface area contributed by atoms with Gasteiger partial charge in [0, 0.05) is 19.3 Å². The number of hydrogen-bond acceptors (Lipinski definition) is 6. The molecule has 0 saturated carbocycles. The molecular weight excluding hydrogens is 925 g/mol. The van der Waals surface area contributed by atoms with Crippen LogP contribution < -0.4 is 0 Å². The summed E-state index contributed by atoms with van der Waals surface area (Å²) < 4.78 is 16.9. The van der Waals surface area contributed by atoms with Gasteiger partial charge in [-0.2, -0.15) is 0 Å². The highest BCUT2D eigenvalue weighted by atomic mass is 16.6. The molecule has 0 aliphatic heterocycles. The van der Waals surface area contributed by atoms with Crippen molar-refractivity contribution in [1.29, 1.82) is 0 Å². The number of rotatable bonds is 58. The van der Waals surface area contributed by atoms with E-state index in [0.717, 1.165) is 89.9 Å². The number of hydrogen-bond donors (Lipinski definition) is 0. The molecule has 75 heavy (non-hydrogen) atoms. The van der Waals surface area contributed by atoms with Crippen LogP contribution in [0.25, 0.3) is 0 Å². The van der Waals surface area contributed by atoms with Crippen molar-refractivity contribution in [3.63, 3.8) is 0 Å². The summed E-state index contributed by atoms with van der Waals surface area (Å²) in [6.07, 6.45) is 83.0. The third-order valence-corrected chi connectivity index (χ3v) is 13.9. The van der Waals surface area contributed by atoms with E-state index >= 15 is 0 Å². The van der Waals surface area contributed by atoms with Gasteiger partial charge in [-0.25, -0.2) is 0 Å². The van der Waals surface area contributed by atoms with Gasteiger partial charge < -0.3 is 14.2 Å². The molecule has 1 atom stereocenters. The first-order chi connectivity index (χ1) is 37.0. The Hall–Kier alpha value is -3.41. The molecule has 0 spiro atoms. The highest BCUT2D eigenvalue weighted by Gasteiger charge is 2.19. The average molecular weight is 1050 g/mol. The minimum Gasteiger partial charge on any atom is -0.462 e. The fourth-order valence-electron chi connectivity index (χ4n) is 9.14. The minimum atomic E-state index is -0.798. The standard InChI is InChI=1S/C69H120O6/c1-4-7-10-13-16-19-22-25-28-30-32-33-34-35-37-38-41-44-47-50-53-56-59-62-68(71)74-65-66(64-73-67(70)61-58-55-52-49-46-43-40-27-24-21-18-15-12-9-6-3)75-69(72)63-60-57-54-51-48-45-42-39-36-31-29-26-23-20-17-14-11-8-5-2/h7,10,16,19,25,28,32-33,35,37,41,44,50,53,66H,4-6,8-9,11-15,17-18,20-24,26-27,29-31,34,36,38-40,42-43,45-49,51-52,54-65H2,1-3H3/b10-7-,19-16-,28-25-,33-32-,37-35-,44-41-,53-50-. The lowest BCUT2D eigenvalue weighted by molar-refractivity contribution is -0.167. The number of unbranched alkanes of at least 4 members (excludes halogenated alkanes) is 33. The maximum absolute atomic E-state index is 12.9. The van der Waals surface area contributed by atoms with E-state index in [0.29, 0.717) is 19.3 Å². The molecule has 0 bridgehead atoms. The predicted molar refractivity (Wildman–Crippen MR) is 325 cm³/mol. The topological polar surface area (TPSA) is 78.9 Å². The summed E-state index contributed by atoms with van der Waals surface area (Å²) in [6, 6.07) is 0. The fourth-order valence-corrected chi connectivity index (χ4v) is 9.14. The van der Waals surface area contributed by atoms with Gasteiger partial charge in [-0.15, -0.1) is 0 Å². The van der Waals surface area contributed by atoms with Gasteiger partial charge in [0.15, 0.2) is 6.10 Å². The summed E-state index contributed by atoms with van der Waals surface area (Å²) in [7, 11) is 0. The Balaban J connectivity index is 4.44. The summed E-state index contributed by atoms with van der Waals surface area (Å²) in [5.74, 6) is -0.936. The molecule has 0 N–H and O–H groups in total. The van der Waals surface area contributed by atoms with Crippen LogP contribution in [0.5, 0.6) is 0 Å². The van der Waals surface area contributed by atoms with E-state index in [9.17, 15) is 14.4 Å². The molecule has 0 saturated heterocycles. The van der Waals surface area contributed by atoms with Crippen LogP contribution in [0.2, 0.25) is 0 Å². The van der Waals surface area contributed by atoms with E-state index in [1.165, 1.54) is 180 Å². The maximum atomic E-state index is 12.9. The van der Waals surface area contributed by atoms with Crippen molar-refractivity contribution in [3.05, 3.63) is 85.1 Å². The first kappa shape index (κ1) is 71.6. The highest BCUT2D eigenvalue weighted by molar-refractivity contribution is 5.71. The van der Waals surface area contributed by atoms with E-state index in [2.05, 4.69) is 106 Å². The Morgan fingerprint density at radius 1 is 0.280 bits per heavy atom. The van der Waals surface area contributed by atoms with Crippen LogP contribution in [0.4, 0.5) is 0 Å².